The van der Waals surface area contributed by atoms with Gasteiger partial charge in [0.2, 0.25) is 0 Å². The van der Waals surface area contributed by atoms with Crippen LogP contribution in [0.5, 0.6) is 11.5 Å². The van der Waals surface area contributed by atoms with E-state index in [0.29, 0.717) is 37.8 Å². The molecule has 1 aliphatic heterocycles. The lowest BCUT2D eigenvalue weighted by Gasteiger charge is -2.38. The maximum atomic E-state index is 13.3. The minimum absolute atomic E-state index is 0.116. The lowest BCUT2D eigenvalue weighted by molar-refractivity contribution is 0.0469. The summed E-state index contributed by atoms with van der Waals surface area (Å²) in [5, 5.41) is 13.7. The largest absolute Gasteiger partial charge is 0.493 e. The molecule has 6 heteroatoms. The molecule has 152 valence electrons. The molecule has 0 saturated carbocycles. The van der Waals surface area contributed by atoms with Gasteiger partial charge in [-0.1, -0.05) is 24.3 Å². The molecule has 0 bridgehead atoms. The van der Waals surface area contributed by atoms with E-state index in [2.05, 4.69) is 5.32 Å². The Balaban J connectivity index is 1.53. The zero-order valence-electron chi connectivity index (χ0n) is 16.2. The summed E-state index contributed by atoms with van der Waals surface area (Å²) in [6.07, 6.45) is 1.06. The second kappa shape index (κ2) is 9.87. The Morgan fingerprint density at radius 2 is 1.79 bits per heavy atom. The van der Waals surface area contributed by atoms with Crippen molar-refractivity contribution in [3.8, 4) is 11.5 Å². The summed E-state index contributed by atoms with van der Waals surface area (Å²) < 4.78 is 29.8. The predicted molar refractivity (Wildman–Crippen MR) is 105 cm³/mol. The molecule has 3 rings (SSSR count). The van der Waals surface area contributed by atoms with Gasteiger partial charge in [-0.3, -0.25) is 0 Å². The molecular weight excluding hydrogens is 361 g/mol. The third-order valence-electron chi connectivity index (χ3n) is 5.25. The van der Waals surface area contributed by atoms with Crippen LogP contribution in [0.25, 0.3) is 0 Å². The van der Waals surface area contributed by atoms with E-state index in [9.17, 15) is 9.50 Å². The summed E-state index contributed by atoms with van der Waals surface area (Å²) in [6, 6.07) is 14.1. The van der Waals surface area contributed by atoms with Crippen LogP contribution >= 0.6 is 0 Å². The van der Waals surface area contributed by atoms with Gasteiger partial charge >= 0.3 is 0 Å². The molecule has 1 unspecified atom stereocenters. The second-order valence-electron chi connectivity index (χ2n) is 7.15. The van der Waals surface area contributed by atoms with E-state index in [1.165, 1.54) is 12.1 Å². The average Bonchev–Trinajstić information content (AvgIpc) is 2.73. The molecule has 1 fully saturated rings. The zero-order valence-corrected chi connectivity index (χ0v) is 16.2. The smallest absolute Gasteiger partial charge is 0.161 e. The van der Waals surface area contributed by atoms with Crippen molar-refractivity contribution in [3.63, 3.8) is 0 Å². The van der Waals surface area contributed by atoms with Gasteiger partial charge in [-0.05, 0) is 42.7 Å². The number of nitrogens with one attached hydrogen (secondary N) is 1. The van der Waals surface area contributed by atoms with Crippen LogP contribution in [0, 0.1) is 5.82 Å². The number of aliphatic hydroxyl groups is 1. The first-order valence-corrected chi connectivity index (χ1v) is 9.61. The number of ether oxygens (including phenoxy) is 3. The third kappa shape index (κ3) is 5.22. The monoisotopic (exact) mass is 389 g/mol. The van der Waals surface area contributed by atoms with Gasteiger partial charge in [0.15, 0.2) is 11.5 Å². The molecule has 1 atom stereocenters. The lowest BCUT2D eigenvalue weighted by atomic mass is 9.74. The Kier molecular flexibility index (Phi) is 7.25. The summed E-state index contributed by atoms with van der Waals surface area (Å²) in [6.45, 7) is 2.61. The van der Waals surface area contributed by atoms with Crippen LogP contribution in [0.2, 0.25) is 0 Å². The van der Waals surface area contributed by atoms with Crippen LogP contribution in [-0.4, -0.2) is 51.2 Å². The van der Waals surface area contributed by atoms with Crippen molar-refractivity contribution in [1.82, 2.24) is 5.32 Å². The fourth-order valence-corrected chi connectivity index (χ4v) is 3.59. The van der Waals surface area contributed by atoms with Crippen LogP contribution in [0.4, 0.5) is 4.39 Å². The highest BCUT2D eigenvalue weighted by atomic mass is 19.1. The van der Waals surface area contributed by atoms with E-state index in [-0.39, 0.29) is 17.8 Å². The molecular formula is C22H28FNO4. The van der Waals surface area contributed by atoms with Crippen molar-refractivity contribution in [2.24, 2.45) is 0 Å². The van der Waals surface area contributed by atoms with Crippen molar-refractivity contribution in [2.45, 2.75) is 24.4 Å². The highest BCUT2D eigenvalue weighted by Gasteiger charge is 2.34. The van der Waals surface area contributed by atoms with Gasteiger partial charge < -0.3 is 24.6 Å². The number of rotatable bonds is 9. The molecule has 0 spiro atoms. The summed E-state index contributed by atoms with van der Waals surface area (Å²) in [5.74, 6) is 1.01. The van der Waals surface area contributed by atoms with Crippen molar-refractivity contribution >= 4 is 0 Å². The summed E-state index contributed by atoms with van der Waals surface area (Å²) in [5.41, 5.74) is 0.985. The SMILES string of the molecule is COc1ccccc1OCC(O)CNCC1(c2ccc(F)cc2)CCOCC1. The Morgan fingerprint density at radius 1 is 1.11 bits per heavy atom. The first kappa shape index (κ1) is 20.6. The second-order valence-corrected chi connectivity index (χ2v) is 7.15. The quantitative estimate of drug-likeness (QED) is 0.691. The van der Waals surface area contributed by atoms with E-state index in [0.717, 1.165) is 18.4 Å². The topological polar surface area (TPSA) is 60.0 Å². The normalized spacial score (nSPS) is 17.1. The van der Waals surface area contributed by atoms with Crippen molar-refractivity contribution in [3.05, 3.63) is 59.9 Å². The Hall–Kier alpha value is -2.15. The Labute approximate surface area is 165 Å². The number of para-hydroxylation sites is 2. The summed E-state index contributed by atoms with van der Waals surface area (Å²) in [4.78, 5) is 0. The van der Waals surface area contributed by atoms with Crippen molar-refractivity contribution < 1.29 is 23.7 Å². The molecule has 28 heavy (non-hydrogen) atoms. The van der Waals surface area contributed by atoms with E-state index in [1.807, 2.05) is 36.4 Å². The van der Waals surface area contributed by atoms with Crippen LogP contribution in [0.3, 0.4) is 0 Å². The van der Waals surface area contributed by atoms with E-state index >= 15 is 0 Å². The van der Waals surface area contributed by atoms with Gasteiger partial charge in [-0.25, -0.2) is 4.39 Å². The van der Waals surface area contributed by atoms with Crippen molar-refractivity contribution in [2.75, 3.05) is 40.0 Å². The minimum Gasteiger partial charge on any atom is -0.493 e. The van der Waals surface area contributed by atoms with Gasteiger partial charge in [-0.2, -0.15) is 0 Å². The van der Waals surface area contributed by atoms with Crippen molar-refractivity contribution in [1.29, 1.82) is 0 Å². The molecule has 0 radical (unpaired) electrons. The third-order valence-corrected chi connectivity index (χ3v) is 5.25. The van der Waals surface area contributed by atoms with E-state index < -0.39 is 6.10 Å². The van der Waals surface area contributed by atoms with Crippen LogP contribution in [0.1, 0.15) is 18.4 Å². The molecule has 0 amide bonds. The fraction of sp³-hybridized carbons (Fsp3) is 0.455. The average molecular weight is 389 g/mol. The summed E-state index contributed by atoms with van der Waals surface area (Å²) in [7, 11) is 1.59. The zero-order chi connectivity index (χ0) is 19.8. The lowest BCUT2D eigenvalue weighted by Crippen LogP contribution is -2.45. The number of hydrogen-bond acceptors (Lipinski definition) is 5. The number of aliphatic hydroxyl groups excluding tert-OH is 1. The molecule has 1 saturated heterocycles. The number of hydrogen-bond donors (Lipinski definition) is 2. The number of halogens is 1. The van der Waals surface area contributed by atoms with Gasteiger partial charge in [0, 0.05) is 31.7 Å². The maximum Gasteiger partial charge on any atom is 0.161 e. The minimum atomic E-state index is -0.657. The highest BCUT2D eigenvalue weighted by Crippen LogP contribution is 2.34. The molecule has 2 aromatic rings. The number of methoxy groups -OCH3 is 1. The van der Waals surface area contributed by atoms with Gasteiger partial charge in [0.1, 0.15) is 18.5 Å². The van der Waals surface area contributed by atoms with E-state index in [1.54, 1.807) is 7.11 Å². The fourth-order valence-electron chi connectivity index (χ4n) is 3.59. The standard InChI is InChI=1S/C22H28FNO4/c1-26-20-4-2-3-5-21(20)28-15-19(25)14-24-16-22(10-12-27-13-11-22)17-6-8-18(23)9-7-17/h2-9,19,24-25H,10-16H2,1H3. The van der Waals surface area contributed by atoms with Gasteiger partial charge in [-0.15, -0.1) is 0 Å². The Bertz CT molecular complexity index is 732. The van der Waals surface area contributed by atoms with Crippen LogP contribution in [-0.2, 0) is 10.2 Å². The molecule has 5 nitrogen and oxygen atoms in total. The van der Waals surface area contributed by atoms with Crippen LogP contribution in [0.15, 0.2) is 48.5 Å². The van der Waals surface area contributed by atoms with Gasteiger partial charge in [0.05, 0.1) is 7.11 Å². The maximum absolute atomic E-state index is 13.3. The van der Waals surface area contributed by atoms with E-state index in [4.69, 9.17) is 14.2 Å². The highest BCUT2D eigenvalue weighted by molar-refractivity contribution is 5.39. The summed E-state index contributed by atoms with van der Waals surface area (Å²) >= 11 is 0. The molecule has 1 aliphatic rings. The molecule has 1 heterocycles. The molecule has 0 aliphatic carbocycles. The first-order chi connectivity index (χ1) is 13.6. The van der Waals surface area contributed by atoms with Gasteiger partial charge in [0.25, 0.3) is 0 Å². The molecule has 0 aromatic heterocycles. The first-order valence-electron chi connectivity index (χ1n) is 9.61. The Morgan fingerprint density at radius 3 is 2.46 bits per heavy atom. The molecule has 2 N–H and O–H groups in total. The van der Waals surface area contributed by atoms with Crippen LogP contribution < -0.4 is 14.8 Å². The number of benzene rings is 2. The molecule has 2 aromatic carbocycles. The predicted octanol–water partition coefficient (Wildman–Crippen LogP) is 2.91.